The SMILES string of the molecule is CN(C(=O)C(N)CO)c1cn(C)c2ccccc12. The largest absolute Gasteiger partial charge is 0.394 e. The molecule has 0 saturated carbocycles. The molecule has 0 bridgehead atoms. The fourth-order valence-electron chi connectivity index (χ4n) is 2.03. The summed E-state index contributed by atoms with van der Waals surface area (Å²) in [6.45, 7) is -0.353. The molecule has 1 heterocycles. The van der Waals surface area contributed by atoms with Crippen LogP contribution in [0.5, 0.6) is 0 Å². The summed E-state index contributed by atoms with van der Waals surface area (Å²) in [6, 6.07) is 6.94. The van der Waals surface area contributed by atoms with Crippen molar-refractivity contribution in [2.75, 3.05) is 18.6 Å². The summed E-state index contributed by atoms with van der Waals surface area (Å²) < 4.78 is 1.96. The molecule has 18 heavy (non-hydrogen) atoms. The second-order valence-corrected chi connectivity index (χ2v) is 4.33. The lowest BCUT2D eigenvalue weighted by atomic mass is 10.2. The number of nitrogens with zero attached hydrogens (tertiary/aromatic N) is 2. The van der Waals surface area contributed by atoms with Crippen molar-refractivity contribution in [3.05, 3.63) is 30.5 Å². The third-order valence-electron chi connectivity index (χ3n) is 3.08. The van der Waals surface area contributed by atoms with Gasteiger partial charge in [-0.3, -0.25) is 4.79 Å². The Morgan fingerprint density at radius 3 is 2.83 bits per heavy atom. The molecule has 0 aliphatic carbocycles. The number of aliphatic hydroxyl groups is 1. The Bertz CT molecular complexity index is 577. The maximum Gasteiger partial charge on any atom is 0.246 e. The van der Waals surface area contributed by atoms with Crippen molar-refractivity contribution in [2.24, 2.45) is 12.8 Å². The topological polar surface area (TPSA) is 71.5 Å². The molecule has 1 aromatic heterocycles. The Kier molecular flexibility index (Phi) is 3.36. The predicted molar refractivity (Wildman–Crippen MR) is 71.4 cm³/mol. The summed E-state index contributed by atoms with van der Waals surface area (Å²) in [7, 11) is 3.59. The summed E-state index contributed by atoms with van der Waals surface area (Å²) >= 11 is 0. The van der Waals surface area contributed by atoms with E-state index >= 15 is 0 Å². The van der Waals surface area contributed by atoms with E-state index in [0.717, 1.165) is 16.6 Å². The lowest BCUT2D eigenvalue weighted by Crippen LogP contribution is -2.44. The zero-order chi connectivity index (χ0) is 13.3. The molecule has 5 nitrogen and oxygen atoms in total. The van der Waals surface area contributed by atoms with Crippen molar-refractivity contribution < 1.29 is 9.90 Å². The van der Waals surface area contributed by atoms with Gasteiger partial charge in [0.2, 0.25) is 5.91 Å². The molecule has 0 saturated heterocycles. The van der Waals surface area contributed by atoms with Crippen molar-refractivity contribution in [1.82, 2.24) is 4.57 Å². The van der Waals surface area contributed by atoms with Crippen LogP contribution in [0.1, 0.15) is 0 Å². The van der Waals surface area contributed by atoms with Gasteiger partial charge in [0.25, 0.3) is 0 Å². The molecular weight excluding hydrogens is 230 g/mol. The van der Waals surface area contributed by atoms with E-state index in [2.05, 4.69) is 0 Å². The van der Waals surface area contributed by atoms with Crippen LogP contribution < -0.4 is 10.6 Å². The highest BCUT2D eigenvalue weighted by atomic mass is 16.3. The Hall–Kier alpha value is -1.85. The Balaban J connectivity index is 2.45. The summed E-state index contributed by atoms with van der Waals surface area (Å²) in [4.78, 5) is 13.4. The first kappa shape index (κ1) is 12.6. The van der Waals surface area contributed by atoms with Gasteiger partial charge in [-0.1, -0.05) is 18.2 Å². The van der Waals surface area contributed by atoms with Crippen LogP contribution >= 0.6 is 0 Å². The molecule has 0 radical (unpaired) electrons. The van der Waals surface area contributed by atoms with Crippen LogP contribution in [0.15, 0.2) is 30.5 Å². The number of aryl methyl sites for hydroxylation is 1. The normalized spacial score (nSPS) is 12.7. The van der Waals surface area contributed by atoms with E-state index in [1.807, 2.05) is 42.1 Å². The van der Waals surface area contributed by atoms with E-state index in [0.29, 0.717) is 0 Å². The van der Waals surface area contributed by atoms with E-state index in [-0.39, 0.29) is 12.5 Å². The summed E-state index contributed by atoms with van der Waals surface area (Å²) in [5.41, 5.74) is 7.40. The van der Waals surface area contributed by atoms with Gasteiger partial charge in [0.1, 0.15) is 6.04 Å². The number of hydrogen-bond acceptors (Lipinski definition) is 3. The van der Waals surface area contributed by atoms with Crippen LogP contribution in [-0.2, 0) is 11.8 Å². The predicted octanol–water partition coefficient (Wildman–Crippen LogP) is 0.461. The molecular formula is C13H17N3O2. The third-order valence-corrected chi connectivity index (χ3v) is 3.08. The second kappa shape index (κ2) is 4.80. The van der Waals surface area contributed by atoms with Gasteiger partial charge in [-0.2, -0.15) is 0 Å². The van der Waals surface area contributed by atoms with Gasteiger partial charge in [0.15, 0.2) is 0 Å². The molecule has 1 atom stereocenters. The number of benzene rings is 1. The average Bonchev–Trinajstić information content (AvgIpc) is 2.74. The minimum atomic E-state index is -0.881. The molecule has 0 aliphatic heterocycles. The van der Waals surface area contributed by atoms with Gasteiger partial charge in [-0.25, -0.2) is 0 Å². The van der Waals surface area contributed by atoms with Crippen LogP contribution in [0.25, 0.3) is 10.9 Å². The molecule has 1 amide bonds. The zero-order valence-electron chi connectivity index (χ0n) is 10.5. The number of carbonyl (C=O) groups is 1. The lowest BCUT2D eigenvalue weighted by Gasteiger charge is -2.19. The number of anilines is 1. The number of likely N-dealkylation sites (N-methyl/N-ethyl adjacent to an activating group) is 1. The van der Waals surface area contributed by atoms with Crippen molar-refractivity contribution >= 4 is 22.5 Å². The third kappa shape index (κ3) is 1.98. The van der Waals surface area contributed by atoms with E-state index in [1.54, 1.807) is 7.05 Å². The highest BCUT2D eigenvalue weighted by molar-refractivity contribution is 6.05. The number of amides is 1. The number of aromatic nitrogens is 1. The molecule has 3 N–H and O–H groups in total. The minimum absolute atomic E-state index is 0.297. The number of para-hydroxylation sites is 1. The molecule has 96 valence electrons. The Morgan fingerprint density at radius 1 is 1.50 bits per heavy atom. The molecule has 1 unspecified atom stereocenters. The van der Waals surface area contributed by atoms with Crippen LogP contribution in [-0.4, -0.2) is 35.3 Å². The summed E-state index contributed by atoms with van der Waals surface area (Å²) in [6.07, 6.45) is 1.88. The van der Waals surface area contributed by atoms with Crippen molar-refractivity contribution in [3.8, 4) is 0 Å². The molecule has 5 heteroatoms. The highest BCUT2D eigenvalue weighted by Gasteiger charge is 2.21. The van der Waals surface area contributed by atoms with Crippen molar-refractivity contribution in [2.45, 2.75) is 6.04 Å². The zero-order valence-corrected chi connectivity index (χ0v) is 10.5. The van der Waals surface area contributed by atoms with Gasteiger partial charge in [0.05, 0.1) is 12.3 Å². The molecule has 0 fully saturated rings. The summed E-state index contributed by atoms with van der Waals surface area (Å²) in [5, 5.41) is 9.93. The fraction of sp³-hybridized carbons (Fsp3) is 0.308. The first-order valence-corrected chi connectivity index (χ1v) is 5.74. The van der Waals surface area contributed by atoms with Crippen LogP contribution in [0.4, 0.5) is 5.69 Å². The molecule has 2 aromatic rings. The van der Waals surface area contributed by atoms with Gasteiger partial charge in [-0.15, -0.1) is 0 Å². The first-order chi connectivity index (χ1) is 8.56. The first-order valence-electron chi connectivity index (χ1n) is 5.74. The van der Waals surface area contributed by atoms with E-state index < -0.39 is 6.04 Å². The van der Waals surface area contributed by atoms with Gasteiger partial charge >= 0.3 is 0 Å². The fourth-order valence-corrected chi connectivity index (χ4v) is 2.03. The molecule has 0 spiro atoms. The van der Waals surface area contributed by atoms with Gasteiger partial charge in [-0.05, 0) is 6.07 Å². The number of fused-ring (bicyclic) bond motifs is 1. The Morgan fingerprint density at radius 2 is 2.17 bits per heavy atom. The monoisotopic (exact) mass is 247 g/mol. The average molecular weight is 247 g/mol. The molecule has 0 aliphatic rings. The van der Waals surface area contributed by atoms with Crippen molar-refractivity contribution in [3.63, 3.8) is 0 Å². The second-order valence-electron chi connectivity index (χ2n) is 4.33. The van der Waals surface area contributed by atoms with Crippen LogP contribution in [0, 0.1) is 0 Å². The van der Waals surface area contributed by atoms with Gasteiger partial charge in [0, 0.05) is 31.2 Å². The molecule has 2 rings (SSSR count). The van der Waals surface area contributed by atoms with E-state index in [4.69, 9.17) is 10.8 Å². The number of nitrogens with two attached hydrogens (primary N) is 1. The highest BCUT2D eigenvalue weighted by Crippen LogP contribution is 2.27. The number of aliphatic hydroxyl groups excluding tert-OH is 1. The summed E-state index contributed by atoms with van der Waals surface area (Å²) in [5.74, 6) is -0.297. The maximum atomic E-state index is 12.0. The smallest absolute Gasteiger partial charge is 0.246 e. The van der Waals surface area contributed by atoms with E-state index in [9.17, 15) is 4.79 Å². The molecule has 1 aromatic carbocycles. The quantitative estimate of drug-likeness (QED) is 0.827. The van der Waals surface area contributed by atoms with E-state index in [1.165, 1.54) is 4.90 Å². The minimum Gasteiger partial charge on any atom is -0.394 e. The lowest BCUT2D eigenvalue weighted by molar-refractivity contribution is -0.120. The maximum absolute atomic E-state index is 12.0. The number of rotatable bonds is 3. The number of hydrogen-bond donors (Lipinski definition) is 2. The van der Waals surface area contributed by atoms with Crippen LogP contribution in [0.3, 0.4) is 0 Å². The van der Waals surface area contributed by atoms with Crippen LogP contribution in [0.2, 0.25) is 0 Å². The Labute approximate surface area is 105 Å². The standard InChI is InChI=1S/C13H17N3O2/c1-15-7-12(9-5-3-4-6-11(9)15)16(2)13(18)10(14)8-17/h3-7,10,17H,8,14H2,1-2H3. The van der Waals surface area contributed by atoms with Crippen molar-refractivity contribution in [1.29, 1.82) is 0 Å². The number of carbonyl (C=O) groups excluding carboxylic acids is 1. The van der Waals surface area contributed by atoms with Gasteiger partial charge < -0.3 is 20.3 Å².